The molecule has 0 aliphatic rings. The molecule has 0 atom stereocenters. The molecule has 72 valence electrons. The lowest BCUT2D eigenvalue weighted by Gasteiger charge is -2.02. The Balaban J connectivity index is 2.48. The number of hydrogen-bond donors (Lipinski definition) is 0. The van der Waals surface area contributed by atoms with Crippen molar-refractivity contribution in [1.29, 1.82) is 0 Å². The first-order valence-corrected chi connectivity index (χ1v) is 5.18. The van der Waals surface area contributed by atoms with E-state index in [1.807, 2.05) is 26.0 Å². The van der Waals surface area contributed by atoms with E-state index in [4.69, 9.17) is 0 Å². The summed E-state index contributed by atoms with van der Waals surface area (Å²) in [7, 11) is 0. The Bertz CT molecular complexity index is 476. The number of rotatable bonds is 2. The summed E-state index contributed by atoms with van der Waals surface area (Å²) in [5, 5.41) is 0. The number of fused-ring (bicyclic) bond motifs is 1. The Kier molecular flexibility index (Phi) is 2.29. The smallest absolute Gasteiger partial charge is 0.165 e. The van der Waals surface area contributed by atoms with Gasteiger partial charge >= 0.3 is 0 Å². The Morgan fingerprint density at radius 3 is 2.71 bits per heavy atom. The van der Waals surface area contributed by atoms with E-state index in [0.717, 1.165) is 16.6 Å². The quantitative estimate of drug-likeness (QED) is 0.709. The van der Waals surface area contributed by atoms with Crippen LogP contribution in [0.3, 0.4) is 0 Å². The van der Waals surface area contributed by atoms with Crippen molar-refractivity contribution in [2.75, 3.05) is 0 Å². The predicted molar refractivity (Wildman–Crippen MR) is 56.6 cm³/mol. The third-order valence-electron chi connectivity index (χ3n) is 2.06. The first kappa shape index (κ1) is 9.27. The summed E-state index contributed by atoms with van der Waals surface area (Å²) in [5.74, 6) is 0.180. The van der Waals surface area contributed by atoms with Gasteiger partial charge in [-0.25, -0.2) is 0 Å². The molecule has 0 fully saturated rings. The van der Waals surface area contributed by atoms with Crippen molar-refractivity contribution in [1.82, 2.24) is 8.75 Å². The summed E-state index contributed by atoms with van der Waals surface area (Å²) in [6.45, 7) is 3.79. The summed E-state index contributed by atoms with van der Waals surface area (Å²) in [5.41, 5.74) is 2.39. The number of Topliss-reactive ketones (excluding diaryl/α,β-unsaturated/α-hetero) is 1. The summed E-state index contributed by atoms with van der Waals surface area (Å²) in [4.78, 5) is 11.7. The highest BCUT2D eigenvalue weighted by Gasteiger charge is 2.11. The van der Waals surface area contributed by atoms with Gasteiger partial charge in [-0.1, -0.05) is 13.8 Å². The molecular formula is C10H10N2OS. The predicted octanol–water partition coefficient (Wildman–Crippen LogP) is 2.53. The van der Waals surface area contributed by atoms with Crippen LogP contribution in [0.4, 0.5) is 0 Å². The molecule has 0 saturated carbocycles. The van der Waals surface area contributed by atoms with Crippen LogP contribution in [-0.2, 0) is 0 Å². The molecule has 2 rings (SSSR count). The van der Waals surface area contributed by atoms with Gasteiger partial charge < -0.3 is 0 Å². The van der Waals surface area contributed by atoms with Gasteiger partial charge in [-0.05, 0) is 18.2 Å². The second kappa shape index (κ2) is 3.46. The lowest BCUT2D eigenvalue weighted by Crippen LogP contribution is -2.06. The highest BCUT2D eigenvalue weighted by molar-refractivity contribution is 7.00. The zero-order chi connectivity index (χ0) is 10.1. The maximum absolute atomic E-state index is 11.7. The van der Waals surface area contributed by atoms with Crippen molar-refractivity contribution in [3.05, 3.63) is 23.8 Å². The molecule has 0 aliphatic carbocycles. The monoisotopic (exact) mass is 206 g/mol. The van der Waals surface area contributed by atoms with Crippen LogP contribution in [0.2, 0.25) is 0 Å². The number of aromatic nitrogens is 2. The fraction of sp³-hybridized carbons (Fsp3) is 0.300. The molecule has 0 unspecified atom stereocenters. The number of carbonyl (C=O) groups is 1. The maximum atomic E-state index is 11.7. The van der Waals surface area contributed by atoms with Crippen LogP contribution >= 0.6 is 11.7 Å². The number of carbonyl (C=O) groups excluding carboxylic acids is 1. The fourth-order valence-electron chi connectivity index (χ4n) is 1.27. The average molecular weight is 206 g/mol. The van der Waals surface area contributed by atoms with Crippen molar-refractivity contribution in [3.8, 4) is 0 Å². The molecule has 0 amide bonds. The van der Waals surface area contributed by atoms with Crippen LogP contribution in [0.1, 0.15) is 24.2 Å². The van der Waals surface area contributed by atoms with Crippen molar-refractivity contribution in [3.63, 3.8) is 0 Å². The van der Waals surface area contributed by atoms with Crippen LogP contribution in [0.5, 0.6) is 0 Å². The van der Waals surface area contributed by atoms with Gasteiger partial charge in [0.15, 0.2) is 5.78 Å². The highest BCUT2D eigenvalue weighted by Crippen LogP contribution is 2.16. The van der Waals surface area contributed by atoms with E-state index in [-0.39, 0.29) is 11.7 Å². The highest BCUT2D eigenvalue weighted by atomic mass is 32.1. The topological polar surface area (TPSA) is 42.9 Å². The molecule has 3 nitrogen and oxygen atoms in total. The van der Waals surface area contributed by atoms with Crippen LogP contribution in [0.25, 0.3) is 11.0 Å². The van der Waals surface area contributed by atoms with Crippen LogP contribution in [0.15, 0.2) is 18.2 Å². The molecule has 1 heterocycles. The second-order valence-electron chi connectivity index (χ2n) is 3.49. The molecule has 2 aromatic rings. The SMILES string of the molecule is CC(C)C(=O)c1ccc2nsnc2c1. The van der Waals surface area contributed by atoms with Gasteiger partial charge in [-0.3, -0.25) is 4.79 Å². The molecule has 0 spiro atoms. The normalized spacial score (nSPS) is 11.1. The lowest BCUT2D eigenvalue weighted by atomic mass is 10.0. The minimum absolute atomic E-state index is 0.0269. The average Bonchev–Trinajstić information content (AvgIpc) is 2.62. The van der Waals surface area contributed by atoms with Crippen molar-refractivity contribution >= 4 is 28.5 Å². The Morgan fingerprint density at radius 1 is 1.29 bits per heavy atom. The minimum atomic E-state index is 0.0269. The molecule has 1 aromatic carbocycles. The van der Waals surface area contributed by atoms with Crippen molar-refractivity contribution in [2.45, 2.75) is 13.8 Å². The van der Waals surface area contributed by atoms with E-state index in [1.54, 1.807) is 6.07 Å². The first-order valence-electron chi connectivity index (χ1n) is 4.45. The molecule has 1 aromatic heterocycles. The van der Waals surface area contributed by atoms with E-state index in [2.05, 4.69) is 8.75 Å². The largest absolute Gasteiger partial charge is 0.294 e. The maximum Gasteiger partial charge on any atom is 0.165 e. The summed E-state index contributed by atoms with van der Waals surface area (Å²) in [6, 6.07) is 5.46. The van der Waals surface area contributed by atoms with E-state index in [9.17, 15) is 4.79 Å². The van der Waals surface area contributed by atoms with Crippen LogP contribution in [0, 0.1) is 5.92 Å². The third-order valence-corrected chi connectivity index (χ3v) is 2.62. The van der Waals surface area contributed by atoms with Gasteiger partial charge in [-0.15, -0.1) is 0 Å². The fourth-order valence-corrected chi connectivity index (χ4v) is 1.79. The summed E-state index contributed by atoms with van der Waals surface area (Å²) >= 11 is 1.17. The van der Waals surface area contributed by atoms with Gasteiger partial charge in [0.1, 0.15) is 11.0 Å². The molecule has 0 aliphatic heterocycles. The van der Waals surface area contributed by atoms with Crippen molar-refractivity contribution in [2.24, 2.45) is 5.92 Å². The third kappa shape index (κ3) is 1.53. The molecule has 0 radical (unpaired) electrons. The summed E-state index contributed by atoms with van der Waals surface area (Å²) in [6.07, 6.45) is 0. The van der Waals surface area contributed by atoms with Gasteiger partial charge in [-0.2, -0.15) is 8.75 Å². The van der Waals surface area contributed by atoms with Gasteiger partial charge in [0, 0.05) is 11.5 Å². The van der Waals surface area contributed by atoms with Gasteiger partial charge in [0.05, 0.1) is 11.7 Å². The Labute approximate surface area is 86.1 Å². The van der Waals surface area contributed by atoms with Gasteiger partial charge in [0.2, 0.25) is 0 Å². The lowest BCUT2D eigenvalue weighted by molar-refractivity contribution is 0.0939. The van der Waals surface area contributed by atoms with E-state index < -0.39 is 0 Å². The van der Waals surface area contributed by atoms with E-state index in [1.165, 1.54) is 11.7 Å². The number of benzene rings is 1. The van der Waals surface area contributed by atoms with Gasteiger partial charge in [0.25, 0.3) is 0 Å². The minimum Gasteiger partial charge on any atom is -0.294 e. The number of nitrogens with zero attached hydrogens (tertiary/aromatic N) is 2. The zero-order valence-electron chi connectivity index (χ0n) is 8.02. The standard InChI is InChI=1S/C10H10N2OS/c1-6(2)10(13)7-3-4-8-9(5-7)12-14-11-8/h3-6H,1-2H3. The van der Waals surface area contributed by atoms with E-state index >= 15 is 0 Å². The molecule has 4 heteroatoms. The molecule has 0 saturated heterocycles. The number of hydrogen-bond acceptors (Lipinski definition) is 4. The van der Waals surface area contributed by atoms with E-state index in [0.29, 0.717) is 0 Å². The number of ketones is 1. The van der Waals surface area contributed by atoms with Crippen LogP contribution in [-0.4, -0.2) is 14.5 Å². The molecule has 0 N–H and O–H groups in total. The Hall–Kier alpha value is -1.29. The summed E-state index contributed by atoms with van der Waals surface area (Å²) < 4.78 is 8.18. The second-order valence-corrected chi connectivity index (χ2v) is 4.02. The van der Waals surface area contributed by atoms with Crippen LogP contribution < -0.4 is 0 Å². The Morgan fingerprint density at radius 2 is 2.00 bits per heavy atom. The molecule has 14 heavy (non-hydrogen) atoms. The molecule has 0 bridgehead atoms. The molecular weight excluding hydrogens is 196 g/mol. The zero-order valence-corrected chi connectivity index (χ0v) is 8.84. The van der Waals surface area contributed by atoms with Crippen molar-refractivity contribution < 1.29 is 4.79 Å². The first-order chi connectivity index (χ1) is 6.68.